The number of allylic oxidation sites excluding steroid dienone is 2. The van der Waals surface area contributed by atoms with E-state index in [2.05, 4.69) is 0 Å². The van der Waals surface area contributed by atoms with Crippen molar-refractivity contribution in [1.82, 2.24) is 0 Å². The minimum Gasteiger partial charge on any atom is -0.512 e. The first-order valence-corrected chi connectivity index (χ1v) is 6.14. The van der Waals surface area contributed by atoms with Crippen molar-refractivity contribution in [2.24, 2.45) is 23.7 Å². The number of aliphatic hydroxyl groups is 1. The lowest BCUT2D eigenvalue weighted by Gasteiger charge is -2.20. The maximum absolute atomic E-state index is 12.0. The minimum atomic E-state index is -0.0264. The van der Waals surface area contributed by atoms with Crippen LogP contribution >= 0.6 is 0 Å². The molecule has 0 amide bonds. The van der Waals surface area contributed by atoms with Crippen molar-refractivity contribution in [2.45, 2.75) is 48.5 Å². The molecule has 0 aromatic carbocycles. The van der Waals surface area contributed by atoms with Crippen LogP contribution in [0.1, 0.15) is 48.5 Å². The molecule has 2 unspecified atom stereocenters. The molecule has 0 aromatic heterocycles. The third-order valence-corrected chi connectivity index (χ3v) is 3.60. The highest BCUT2D eigenvalue weighted by atomic mass is 16.3. The van der Waals surface area contributed by atoms with E-state index in [1.165, 1.54) is 0 Å². The first-order chi connectivity index (χ1) is 7.20. The van der Waals surface area contributed by atoms with Crippen molar-refractivity contribution in [3.05, 3.63) is 11.3 Å². The van der Waals surface area contributed by atoms with E-state index in [1.54, 1.807) is 6.92 Å². The van der Waals surface area contributed by atoms with Crippen LogP contribution in [0.25, 0.3) is 0 Å². The number of hydrogen-bond donors (Lipinski definition) is 1. The molecule has 2 nitrogen and oxygen atoms in total. The van der Waals surface area contributed by atoms with E-state index in [9.17, 15) is 9.90 Å². The van der Waals surface area contributed by atoms with Gasteiger partial charge in [0.2, 0.25) is 0 Å². The summed E-state index contributed by atoms with van der Waals surface area (Å²) < 4.78 is 0. The quantitative estimate of drug-likeness (QED) is 0.569. The summed E-state index contributed by atoms with van der Waals surface area (Å²) in [6, 6.07) is 0. The molecule has 16 heavy (non-hydrogen) atoms. The van der Waals surface area contributed by atoms with E-state index in [0.717, 1.165) is 0 Å². The second-order valence-corrected chi connectivity index (χ2v) is 5.44. The van der Waals surface area contributed by atoms with Gasteiger partial charge in [-0.2, -0.15) is 0 Å². The average molecular weight is 226 g/mol. The third kappa shape index (κ3) is 3.66. The van der Waals surface area contributed by atoms with Gasteiger partial charge in [-0.3, -0.25) is 4.79 Å². The zero-order valence-electron chi connectivity index (χ0n) is 11.7. The zero-order valence-corrected chi connectivity index (χ0v) is 11.7. The van der Waals surface area contributed by atoms with Crippen LogP contribution in [0.4, 0.5) is 0 Å². The van der Waals surface area contributed by atoms with Crippen LogP contribution in [0.15, 0.2) is 11.3 Å². The van der Waals surface area contributed by atoms with Crippen LogP contribution in [-0.4, -0.2) is 10.9 Å². The lowest BCUT2D eigenvalue weighted by molar-refractivity contribution is -0.120. The number of ketones is 1. The molecule has 0 aliphatic carbocycles. The Kier molecular flexibility index (Phi) is 5.77. The first kappa shape index (κ1) is 15.2. The van der Waals surface area contributed by atoms with Crippen molar-refractivity contribution < 1.29 is 9.90 Å². The molecule has 1 N–H and O–H groups in total. The third-order valence-electron chi connectivity index (χ3n) is 3.60. The maximum atomic E-state index is 12.0. The SMILES string of the molecule is C/C(C(=O)C(C)C(C)C)=C(/O)C(C)C(C)C. The van der Waals surface area contributed by atoms with E-state index < -0.39 is 0 Å². The second kappa shape index (κ2) is 6.07. The molecule has 0 fully saturated rings. The predicted octanol–water partition coefficient (Wildman–Crippen LogP) is 3.97. The number of hydrogen-bond acceptors (Lipinski definition) is 2. The van der Waals surface area contributed by atoms with Crippen molar-refractivity contribution in [3.63, 3.8) is 0 Å². The van der Waals surface area contributed by atoms with Gasteiger partial charge in [0.25, 0.3) is 0 Å². The lowest BCUT2D eigenvalue weighted by atomic mass is 9.86. The molecule has 0 aliphatic rings. The molecule has 0 rings (SSSR count). The summed E-state index contributed by atoms with van der Waals surface area (Å²) in [7, 11) is 0. The number of carbonyl (C=O) groups excluding carboxylic acids is 1. The van der Waals surface area contributed by atoms with Gasteiger partial charge in [0.15, 0.2) is 5.78 Å². The smallest absolute Gasteiger partial charge is 0.164 e. The zero-order chi connectivity index (χ0) is 13.0. The fraction of sp³-hybridized carbons (Fsp3) is 0.786. The largest absolute Gasteiger partial charge is 0.512 e. The lowest BCUT2D eigenvalue weighted by Crippen LogP contribution is -2.21. The topological polar surface area (TPSA) is 37.3 Å². The summed E-state index contributed by atoms with van der Waals surface area (Å²) >= 11 is 0. The molecule has 94 valence electrons. The van der Waals surface area contributed by atoms with E-state index in [0.29, 0.717) is 17.4 Å². The van der Waals surface area contributed by atoms with E-state index >= 15 is 0 Å². The average Bonchev–Trinajstić information content (AvgIpc) is 2.23. The fourth-order valence-electron chi connectivity index (χ4n) is 1.43. The highest BCUT2D eigenvalue weighted by Gasteiger charge is 2.23. The van der Waals surface area contributed by atoms with Crippen LogP contribution in [0.2, 0.25) is 0 Å². The van der Waals surface area contributed by atoms with E-state index in [4.69, 9.17) is 0 Å². The summed E-state index contributed by atoms with van der Waals surface area (Å²) in [5.41, 5.74) is 0.530. The molecule has 2 atom stereocenters. The fourth-order valence-corrected chi connectivity index (χ4v) is 1.43. The molecular formula is C14H26O2. The Labute approximate surface area is 99.7 Å². The molecule has 0 bridgehead atoms. The summed E-state index contributed by atoms with van der Waals surface area (Å²) in [5.74, 6) is 0.999. The Morgan fingerprint density at radius 2 is 1.25 bits per heavy atom. The molecule has 0 heterocycles. The molecule has 0 saturated heterocycles. The van der Waals surface area contributed by atoms with Gasteiger partial charge in [0.05, 0.1) is 0 Å². The van der Waals surface area contributed by atoms with Crippen LogP contribution < -0.4 is 0 Å². The molecule has 0 radical (unpaired) electrons. The number of carbonyl (C=O) groups is 1. The van der Waals surface area contributed by atoms with Crippen LogP contribution in [0.5, 0.6) is 0 Å². The second-order valence-electron chi connectivity index (χ2n) is 5.44. The Balaban J connectivity index is 4.95. The van der Waals surface area contributed by atoms with Gasteiger partial charge in [0, 0.05) is 17.4 Å². The maximum Gasteiger partial charge on any atom is 0.164 e. The van der Waals surface area contributed by atoms with Crippen LogP contribution in [-0.2, 0) is 4.79 Å². The predicted molar refractivity (Wildman–Crippen MR) is 68.3 cm³/mol. The molecule has 0 aromatic rings. The normalized spacial score (nSPS) is 17.3. The summed E-state index contributed by atoms with van der Waals surface area (Å²) in [6.07, 6.45) is 0. The molecule has 0 spiro atoms. The van der Waals surface area contributed by atoms with E-state index in [1.807, 2.05) is 41.5 Å². The highest BCUT2D eigenvalue weighted by molar-refractivity contribution is 5.96. The van der Waals surface area contributed by atoms with Gasteiger partial charge >= 0.3 is 0 Å². The Morgan fingerprint density at radius 1 is 0.875 bits per heavy atom. The minimum absolute atomic E-state index is 0.0264. The van der Waals surface area contributed by atoms with Crippen molar-refractivity contribution in [1.29, 1.82) is 0 Å². The Morgan fingerprint density at radius 3 is 1.56 bits per heavy atom. The van der Waals surface area contributed by atoms with Crippen molar-refractivity contribution in [3.8, 4) is 0 Å². The van der Waals surface area contributed by atoms with Crippen molar-refractivity contribution in [2.75, 3.05) is 0 Å². The standard InChI is InChI=1S/C14H26O2/c1-8(2)10(5)13(15)12(7)14(16)11(6)9(3)4/h8-11,15H,1-7H3/b13-12-. The van der Waals surface area contributed by atoms with Gasteiger partial charge in [-0.1, -0.05) is 41.5 Å². The van der Waals surface area contributed by atoms with Gasteiger partial charge in [0.1, 0.15) is 5.76 Å². The Hall–Kier alpha value is -0.790. The number of aliphatic hydroxyl groups excluding tert-OH is 1. The van der Waals surface area contributed by atoms with E-state index in [-0.39, 0.29) is 23.4 Å². The number of rotatable bonds is 5. The van der Waals surface area contributed by atoms with Gasteiger partial charge in [-0.05, 0) is 18.8 Å². The summed E-state index contributed by atoms with van der Waals surface area (Å²) in [5, 5.41) is 10.0. The van der Waals surface area contributed by atoms with Crippen molar-refractivity contribution >= 4 is 5.78 Å². The molecular weight excluding hydrogens is 200 g/mol. The number of Topliss-reactive ketones (excluding diaryl/α,β-unsaturated/α-hetero) is 1. The highest BCUT2D eigenvalue weighted by Crippen LogP contribution is 2.24. The monoisotopic (exact) mass is 226 g/mol. The summed E-state index contributed by atoms with van der Waals surface area (Å²) in [4.78, 5) is 12.0. The van der Waals surface area contributed by atoms with Gasteiger partial charge in [-0.25, -0.2) is 0 Å². The molecule has 2 heteroatoms. The van der Waals surface area contributed by atoms with Crippen LogP contribution in [0, 0.1) is 23.7 Å². The van der Waals surface area contributed by atoms with Gasteiger partial charge in [-0.15, -0.1) is 0 Å². The molecule has 0 saturated carbocycles. The van der Waals surface area contributed by atoms with Crippen LogP contribution in [0.3, 0.4) is 0 Å². The molecule has 0 aliphatic heterocycles. The Bertz CT molecular complexity index is 274. The van der Waals surface area contributed by atoms with Gasteiger partial charge < -0.3 is 5.11 Å². The summed E-state index contributed by atoms with van der Waals surface area (Å²) in [6.45, 7) is 13.8. The first-order valence-electron chi connectivity index (χ1n) is 6.14.